The van der Waals surface area contributed by atoms with Crippen molar-refractivity contribution in [2.24, 2.45) is 0 Å². The van der Waals surface area contributed by atoms with E-state index in [2.05, 4.69) is 15.9 Å². The van der Waals surface area contributed by atoms with E-state index in [1.807, 2.05) is 13.8 Å². The minimum absolute atomic E-state index is 0.0212. The van der Waals surface area contributed by atoms with E-state index in [0.29, 0.717) is 31.1 Å². The molecule has 0 N–H and O–H groups in total. The molecule has 0 amide bonds. The highest BCUT2D eigenvalue weighted by molar-refractivity contribution is 9.10. The van der Waals surface area contributed by atoms with E-state index in [-0.39, 0.29) is 18.4 Å². The summed E-state index contributed by atoms with van der Waals surface area (Å²) in [7, 11) is 0. The standard InChI is InChI=1S/C16H21BrO5/c1-12(18)21-10-8-20-9-11-22-14-6-4-13(5-7-14)15(19)16(2,3)17/h4-7H,8-11H2,1-3H3. The number of esters is 1. The topological polar surface area (TPSA) is 61.8 Å². The predicted molar refractivity (Wildman–Crippen MR) is 86.7 cm³/mol. The van der Waals surface area contributed by atoms with E-state index < -0.39 is 4.32 Å². The first kappa shape index (κ1) is 18.6. The Hall–Kier alpha value is -1.40. The molecule has 22 heavy (non-hydrogen) atoms. The monoisotopic (exact) mass is 372 g/mol. The van der Waals surface area contributed by atoms with Crippen molar-refractivity contribution in [3.63, 3.8) is 0 Å². The number of ketones is 1. The van der Waals surface area contributed by atoms with Gasteiger partial charge in [0.15, 0.2) is 5.78 Å². The molecule has 0 fully saturated rings. The van der Waals surface area contributed by atoms with Crippen molar-refractivity contribution in [1.29, 1.82) is 0 Å². The molecule has 0 spiro atoms. The van der Waals surface area contributed by atoms with Crippen LogP contribution < -0.4 is 4.74 Å². The molecule has 0 saturated heterocycles. The number of carbonyl (C=O) groups is 2. The Kier molecular flexibility index (Phi) is 7.55. The lowest BCUT2D eigenvalue weighted by Gasteiger charge is -2.14. The van der Waals surface area contributed by atoms with Crippen LogP contribution in [-0.4, -0.2) is 42.5 Å². The van der Waals surface area contributed by atoms with Crippen molar-refractivity contribution in [2.75, 3.05) is 26.4 Å². The van der Waals surface area contributed by atoms with Gasteiger partial charge in [0.2, 0.25) is 0 Å². The number of carbonyl (C=O) groups excluding carboxylic acids is 2. The molecule has 0 heterocycles. The largest absolute Gasteiger partial charge is 0.491 e. The van der Waals surface area contributed by atoms with Gasteiger partial charge >= 0.3 is 5.97 Å². The average Bonchev–Trinajstić information content (AvgIpc) is 2.45. The van der Waals surface area contributed by atoms with Gasteiger partial charge in [-0.25, -0.2) is 0 Å². The number of hydrogen-bond donors (Lipinski definition) is 0. The lowest BCUT2D eigenvalue weighted by atomic mass is 10.0. The van der Waals surface area contributed by atoms with Crippen LogP contribution in [0.3, 0.4) is 0 Å². The van der Waals surface area contributed by atoms with Crippen LogP contribution in [0.1, 0.15) is 31.1 Å². The molecular weight excluding hydrogens is 352 g/mol. The summed E-state index contributed by atoms with van der Waals surface area (Å²) in [4.78, 5) is 22.6. The van der Waals surface area contributed by atoms with Crippen molar-refractivity contribution < 1.29 is 23.8 Å². The number of Topliss-reactive ketones (excluding diaryl/α,β-unsaturated/α-hetero) is 1. The second kappa shape index (κ2) is 8.90. The lowest BCUT2D eigenvalue weighted by molar-refractivity contribution is -0.142. The zero-order chi connectivity index (χ0) is 16.6. The van der Waals surface area contributed by atoms with Crippen LogP contribution in [-0.2, 0) is 14.3 Å². The lowest BCUT2D eigenvalue weighted by Crippen LogP contribution is -2.23. The van der Waals surface area contributed by atoms with Crippen molar-refractivity contribution in [3.8, 4) is 5.75 Å². The normalized spacial score (nSPS) is 11.1. The summed E-state index contributed by atoms with van der Waals surface area (Å²) in [6, 6.07) is 6.99. The van der Waals surface area contributed by atoms with Gasteiger partial charge in [0, 0.05) is 12.5 Å². The Balaban J connectivity index is 2.28. The maximum absolute atomic E-state index is 12.0. The summed E-state index contributed by atoms with van der Waals surface area (Å²) in [6.45, 7) is 6.35. The van der Waals surface area contributed by atoms with Crippen LogP contribution in [0, 0.1) is 0 Å². The van der Waals surface area contributed by atoms with Crippen molar-refractivity contribution in [2.45, 2.75) is 25.1 Å². The molecule has 5 nitrogen and oxygen atoms in total. The fourth-order valence-electron chi connectivity index (χ4n) is 1.61. The van der Waals surface area contributed by atoms with E-state index in [9.17, 15) is 9.59 Å². The number of rotatable bonds is 9. The Morgan fingerprint density at radius 3 is 2.18 bits per heavy atom. The zero-order valence-electron chi connectivity index (χ0n) is 13.1. The van der Waals surface area contributed by atoms with Crippen LogP contribution in [0.5, 0.6) is 5.75 Å². The molecular formula is C16H21BrO5. The Labute approximate surface area is 139 Å². The molecule has 0 atom stereocenters. The Morgan fingerprint density at radius 2 is 1.64 bits per heavy atom. The highest BCUT2D eigenvalue weighted by atomic mass is 79.9. The number of alkyl halides is 1. The second-order valence-electron chi connectivity index (χ2n) is 5.13. The van der Waals surface area contributed by atoms with E-state index >= 15 is 0 Å². The molecule has 0 aromatic heterocycles. The predicted octanol–water partition coefficient (Wildman–Crippen LogP) is 3.00. The second-order valence-corrected chi connectivity index (χ2v) is 7.11. The quantitative estimate of drug-likeness (QED) is 0.288. The van der Waals surface area contributed by atoms with Gasteiger partial charge in [0.1, 0.15) is 19.0 Å². The highest BCUT2D eigenvalue weighted by Gasteiger charge is 2.24. The van der Waals surface area contributed by atoms with Gasteiger partial charge in [-0.15, -0.1) is 0 Å². The summed E-state index contributed by atoms with van der Waals surface area (Å²) in [5, 5.41) is 0. The van der Waals surface area contributed by atoms with Gasteiger partial charge < -0.3 is 14.2 Å². The molecule has 0 aliphatic heterocycles. The van der Waals surface area contributed by atoms with Gasteiger partial charge in [-0.3, -0.25) is 9.59 Å². The highest BCUT2D eigenvalue weighted by Crippen LogP contribution is 2.23. The molecule has 1 aromatic rings. The number of halogens is 1. The Bertz CT molecular complexity index is 490. The molecule has 0 saturated carbocycles. The average molecular weight is 373 g/mol. The van der Waals surface area contributed by atoms with Crippen molar-refractivity contribution >= 4 is 27.7 Å². The van der Waals surface area contributed by atoms with Gasteiger partial charge in [0.25, 0.3) is 0 Å². The molecule has 0 aliphatic carbocycles. The summed E-state index contributed by atoms with van der Waals surface area (Å²) < 4.78 is 14.9. The van der Waals surface area contributed by atoms with E-state index in [4.69, 9.17) is 14.2 Å². The fraction of sp³-hybridized carbons (Fsp3) is 0.500. The third-order valence-electron chi connectivity index (χ3n) is 2.69. The first-order valence-corrected chi connectivity index (χ1v) is 7.77. The van der Waals surface area contributed by atoms with Gasteiger partial charge in [-0.2, -0.15) is 0 Å². The summed E-state index contributed by atoms with van der Waals surface area (Å²) in [5.74, 6) is 0.376. The molecule has 0 unspecified atom stereocenters. The molecule has 0 bridgehead atoms. The van der Waals surface area contributed by atoms with Gasteiger partial charge in [-0.1, -0.05) is 15.9 Å². The molecule has 6 heteroatoms. The molecule has 1 rings (SSSR count). The summed E-state index contributed by atoms with van der Waals surface area (Å²) in [6.07, 6.45) is 0. The van der Waals surface area contributed by atoms with Gasteiger partial charge in [0.05, 0.1) is 17.5 Å². The van der Waals surface area contributed by atoms with Crippen LogP contribution >= 0.6 is 15.9 Å². The van der Waals surface area contributed by atoms with Crippen LogP contribution in [0.25, 0.3) is 0 Å². The minimum Gasteiger partial charge on any atom is -0.491 e. The third-order valence-corrected chi connectivity index (χ3v) is 3.05. The van der Waals surface area contributed by atoms with Crippen LogP contribution in [0.2, 0.25) is 0 Å². The van der Waals surface area contributed by atoms with E-state index in [1.54, 1.807) is 24.3 Å². The molecule has 0 radical (unpaired) electrons. The SMILES string of the molecule is CC(=O)OCCOCCOc1ccc(C(=O)C(C)(C)Br)cc1. The van der Waals surface area contributed by atoms with Crippen LogP contribution in [0.15, 0.2) is 24.3 Å². The number of ether oxygens (including phenoxy) is 3. The van der Waals surface area contributed by atoms with E-state index in [0.717, 1.165) is 0 Å². The first-order valence-electron chi connectivity index (χ1n) is 6.98. The summed E-state index contributed by atoms with van der Waals surface area (Å²) >= 11 is 3.35. The third kappa shape index (κ3) is 7.04. The Morgan fingerprint density at radius 1 is 1.05 bits per heavy atom. The van der Waals surface area contributed by atoms with Crippen molar-refractivity contribution in [3.05, 3.63) is 29.8 Å². The zero-order valence-corrected chi connectivity index (χ0v) is 14.6. The van der Waals surface area contributed by atoms with Crippen molar-refractivity contribution in [1.82, 2.24) is 0 Å². The van der Waals surface area contributed by atoms with E-state index in [1.165, 1.54) is 6.92 Å². The molecule has 1 aromatic carbocycles. The molecule has 0 aliphatic rings. The minimum atomic E-state index is -0.578. The van der Waals surface area contributed by atoms with Gasteiger partial charge in [-0.05, 0) is 38.1 Å². The smallest absolute Gasteiger partial charge is 0.302 e. The maximum Gasteiger partial charge on any atom is 0.302 e. The molecule has 122 valence electrons. The fourth-order valence-corrected chi connectivity index (χ4v) is 1.84. The maximum atomic E-state index is 12.0. The number of hydrogen-bond acceptors (Lipinski definition) is 5. The van der Waals surface area contributed by atoms with Crippen LogP contribution in [0.4, 0.5) is 0 Å². The summed E-state index contributed by atoms with van der Waals surface area (Å²) in [5.41, 5.74) is 0.631. The number of benzene rings is 1. The first-order chi connectivity index (χ1) is 10.3.